The summed E-state index contributed by atoms with van der Waals surface area (Å²) in [5.74, 6) is 0.570. The molecule has 0 saturated carbocycles. The summed E-state index contributed by atoms with van der Waals surface area (Å²) in [5, 5.41) is 0.533. The van der Waals surface area contributed by atoms with E-state index in [1.54, 1.807) is 25.3 Å². The number of hydrogen-bond donors (Lipinski definition) is 1. The Balaban J connectivity index is 2.72. The Morgan fingerprint density at radius 1 is 1.33 bits per heavy atom. The van der Waals surface area contributed by atoms with E-state index in [4.69, 9.17) is 16.3 Å². The van der Waals surface area contributed by atoms with Gasteiger partial charge in [0.25, 0.3) is 5.56 Å². The van der Waals surface area contributed by atoms with Crippen molar-refractivity contribution in [2.24, 2.45) is 0 Å². The molecule has 18 heavy (non-hydrogen) atoms. The lowest BCUT2D eigenvalue weighted by molar-refractivity contribution is 0.416. The van der Waals surface area contributed by atoms with Crippen LogP contribution in [0.15, 0.2) is 23.0 Å². The molecule has 0 fully saturated rings. The van der Waals surface area contributed by atoms with Crippen LogP contribution in [-0.4, -0.2) is 17.1 Å². The fraction of sp³-hybridized carbons (Fsp3) is 0.231. The zero-order chi connectivity index (χ0) is 13.3. The van der Waals surface area contributed by atoms with Crippen molar-refractivity contribution < 1.29 is 4.74 Å². The molecule has 0 aliphatic heterocycles. The van der Waals surface area contributed by atoms with Crippen molar-refractivity contribution in [2.75, 3.05) is 7.11 Å². The highest BCUT2D eigenvalue weighted by atomic mass is 35.5. The molecule has 2 aromatic rings. The summed E-state index contributed by atoms with van der Waals surface area (Å²) in [5.41, 5.74) is 2.18. The van der Waals surface area contributed by atoms with E-state index in [0.717, 1.165) is 11.4 Å². The van der Waals surface area contributed by atoms with Crippen LogP contribution in [0.2, 0.25) is 5.02 Å². The van der Waals surface area contributed by atoms with Crippen molar-refractivity contribution in [3.8, 4) is 17.0 Å². The number of hydrogen-bond acceptors (Lipinski definition) is 3. The number of aromatic nitrogens is 2. The van der Waals surface area contributed by atoms with Gasteiger partial charge in [0, 0.05) is 16.3 Å². The molecule has 1 aromatic carbocycles. The number of aryl methyl sites for hydroxylation is 2. The zero-order valence-electron chi connectivity index (χ0n) is 10.4. The van der Waals surface area contributed by atoms with Gasteiger partial charge in [0.05, 0.1) is 12.8 Å². The first-order valence-corrected chi connectivity index (χ1v) is 5.82. The summed E-state index contributed by atoms with van der Waals surface area (Å²) in [6, 6.07) is 5.10. The Labute approximate surface area is 110 Å². The van der Waals surface area contributed by atoms with Crippen LogP contribution in [0.25, 0.3) is 11.3 Å². The molecular weight excluding hydrogens is 252 g/mol. The average molecular weight is 265 g/mol. The number of benzene rings is 1. The van der Waals surface area contributed by atoms with Gasteiger partial charge in [-0.2, -0.15) is 0 Å². The lowest BCUT2D eigenvalue weighted by Gasteiger charge is -2.09. The Morgan fingerprint density at radius 2 is 2.06 bits per heavy atom. The van der Waals surface area contributed by atoms with E-state index >= 15 is 0 Å². The minimum absolute atomic E-state index is 0.251. The second-order valence-corrected chi connectivity index (χ2v) is 4.41. The normalized spacial score (nSPS) is 10.4. The van der Waals surface area contributed by atoms with Gasteiger partial charge in [-0.1, -0.05) is 11.6 Å². The minimum atomic E-state index is -0.251. The van der Waals surface area contributed by atoms with Crippen LogP contribution in [0.3, 0.4) is 0 Å². The maximum atomic E-state index is 12.0. The lowest BCUT2D eigenvalue weighted by Crippen LogP contribution is -2.14. The number of halogens is 1. The first-order chi connectivity index (χ1) is 8.52. The van der Waals surface area contributed by atoms with E-state index in [-0.39, 0.29) is 5.56 Å². The van der Waals surface area contributed by atoms with Gasteiger partial charge >= 0.3 is 0 Å². The summed E-state index contributed by atoms with van der Waals surface area (Å²) in [6.45, 7) is 3.65. The van der Waals surface area contributed by atoms with Crippen molar-refractivity contribution in [1.82, 2.24) is 9.97 Å². The van der Waals surface area contributed by atoms with E-state index in [1.165, 1.54) is 0 Å². The third-order valence-corrected chi connectivity index (χ3v) is 2.99. The van der Waals surface area contributed by atoms with Gasteiger partial charge in [0.1, 0.15) is 11.4 Å². The first kappa shape index (κ1) is 12.6. The minimum Gasteiger partial charge on any atom is -0.496 e. The van der Waals surface area contributed by atoms with E-state index in [2.05, 4.69) is 9.97 Å². The molecule has 0 spiro atoms. The average Bonchev–Trinajstić information content (AvgIpc) is 2.34. The Bertz CT molecular complexity index is 650. The highest BCUT2D eigenvalue weighted by Gasteiger charge is 2.13. The van der Waals surface area contributed by atoms with Crippen molar-refractivity contribution in [3.63, 3.8) is 0 Å². The molecule has 5 heteroatoms. The maximum absolute atomic E-state index is 12.0. The van der Waals surface area contributed by atoms with E-state index < -0.39 is 0 Å². The maximum Gasteiger partial charge on any atom is 0.274 e. The van der Waals surface area contributed by atoms with Crippen molar-refractivity contribution in [1.29, 1.82) is 0 Å². The molecule has 0 radical (unpaired) electrons. The summed E-state index contributed by atoms with van der Waals surface area (Å²) < 4.78 is 5.23. The molecule has 0 aliphatic carbocycles. The van der Waals surface area contributed by atoms with Crippen molar-refractivity contribution in [2.45, 2.75) is 13.8 Å². The molecule has 0 unspecified atom stereocenters. The van der Waals surface area contributed by atoms with Crippen molar-refractivity contribution in [3.05, 3.63) is 45.0 Å². The molecule has 2 rings (SSSR count). The van der Waals surface area contributed by atoms with Gasteiger partial charge in [-0.25, -0.2) is 4.98 Å². The molecule has 0 saturated heterocycles. The van der Waals surface area contributed by atoms with Crippen LogP contribution < -0.4 is 10.3 Å². The van der Waals surface area contributed by atoms with Gasteiger partial charge in [0.15, 0.2) is 0 Å². The molecular formula is C13H13ClN2O2. The van der Waals surface area contributed by atoms with Crippen LogP contribution in [0.4, 0.5) is 0 Å². The van der Waals surface area contributed by atoms with E-state index in [1.807, 2.05) is 13.8 Å². The topological polar surface area (TPSA) is 55.0 Å². The van der Waals surface area contributed by atoms with Crippen LogP contribution >= 0.6 is 11.6 Å². The largest absolute Gasteiger partial charge is 0.496 e. The molecule has 1 heterocycles. The van der Waals surface area contributed by atoms with Crippen LogP contribution in [0.5, 0.6) is 5.75 Å². The number of rotatable bonds is 2. The summed E-state index contributed by atoms with van der Waals surface area (Å²) in [6.07, 6.45) is 0. The molecule has 0 aliphatic rings. The van der Waals surface area contributed by atoms with Gasteiger partial charge in [-0.3, -0.25) is 4.79 Å². The predicted octanol–water partition coefficient (Wildman–Crippen LogP) is 2.72. The van der Waals surface area contributed by atoms with E-state index in [9.17, 15) is 4.79 Å². The van der Waals surface area contributed by atoms with Crippen LogP contribution in [0.1, 0.15) is 11.4 Å². The molecule has 94 valence electrons. The molecule has 0 bridgehead atoms. The molecule has 4 nitrogen and oxygen atoms in total. The Kier molecular flexibility index (Phi) is 3.39. The van der Waals surface area contributed by atoms with Gasteiger partial charge < -0.3 is 9.72 Å². The molecule has 0 atom stereocenters. The number of aromatic amines is 1. The second-order valence-electron chi connectivity index (χ2n) is 3.97. The number of ether oxygens (including phenoxy) is 1. The second kappa shape index (κ2) is 4.82. The third kappa shape index (κ3) is 2.24. The Hall–Kier alpha value is -1.81. The fourth-order valence-corrected chi connectivity index (χ4v) is 1.84. The lowest BCUT2D eigenvalue weighted by atomic mass is 10.1. The number of nitrogens with one attached hydrogen (secondary N) is 1. The number of methoxy groups -OCH3 is 1. The van der Waals surface area contributed by atoms with Gasteiger partial charge in [0.2, 0.25) is 0 Å². The fourth-order valence-electron chi connectivity index (χ4n) is 1.67. The van der Waals surface area contributed by atoms with E-state index in [0.29, 0.717) is 22.0 Å². The monoisotopic (exact) mass is 264 g/mol. The summed E-state index contributed by atoms with van der Waals surface area (Å²) in [4.78, 5) is 19.0. The van der Waals surface area contributed by atoms with Crippen LogP contribution in [-0.2, 0) is 0 Å². The highest BCUT2D eigenvalue weighted by molar-refractivity contribution is 6.30. The zero-order valence-corrected chi connectivity index (χ0v) is 11.1. The molecule has 1 aromatic heterocycles. The quantitative estimate of drug-likeness (QED) is 0.907. The Morgan fingerprint density at radius 3 is 2.72 bits per heavy atom. The summed E-state index contributed by atoms with van der Waals surface area (Å²) in [7, 11) is 1.54. The number of H-pyrrole nitrogens is 1. The van der Waals surface area contributed by atoms with Crippen LogP contribution in [0, 0.1) is 13.8 Å². The molecule has 1 N–H and O–H groups in total. The smallest absolute Gasteiger partial charge is 0.274 e. The van der Waals surface area contributed by atoms with Crippen molar-refractivity contribution >= 4 is 11.6 Å². The van der Waals surface area contributed by atoms with Gasteiger partial charge in [-0.15, -0.1) is 0 Å². The number of nitrogens with zero attached hydrogens (tertiary/aromatic N) is 1. The predicted molar refractivity (Wildman–Crippen MR) is 71.3 cm³/mol. The highest BCUT2D eigenvalue weighted by Crippen LogP contribution is 2.29. The summed E-state index contributed by atoms with van der Waals surface area (Å²) >= 11 is 5.95. The first-order valence-electron chi connectivity index (χ1n) is 5.44. The standard InChI is InChI=1S/C13H13ClN2O2/c1-7-8(2)16-13(17)12(15-7)10-6-9(14)4-5-11(10)18-3/h4-6H,1-3H3,(H,16,17). The third-order valence-electron chi connectivity index (χ3n) is 2.75. The SMILES string of the molecule is COc1ccc(Cl)cc1-c1nc(C)c(C)[nH]c1=O. The van der Waals surface area contributed by atoms with Gasteiger partial charge in [-0.05, 0) is 32.0 Å². The molecule has 0 amide bonds.